The molecule has 0 bridgehead atoms. The van der Waals surface area contributed by atoms with Gasteiger partial charge < -0.3 is 15.1 Å². The van der Waals surface area contributed by atoms with Gasteiger partial charge in [0, 0.05) is 25.7 Å². The second-order valence-electron chi connectivity index (χ2n) is 5.77. The molecule has 2 atom stereocenters. The molecule has 2 aliphatic rings. The molecule has 2 amide bonds. The van der Waals surface area contributed by atoms with Crippen molar-refractivity contribution in [1.29, 1.82) is 0 Å². The second kappa shape index (κ2) is 6.41. The van der Waals surface area contributed by atoms with E-state index in [1.807, 2.05) is 4.90 Å². The number of hydrogen-bond acceptors (Lipinski definition) is 2. The first-order valence-electron chi connectivity index (χ1n) is 7.45. The molecule has 2 fully saturated rings. The van der Waals surface area contributed by atoms with Gasteiger partial charge in [-0.05, 0) is 45.2 Å². The zero-order chi connectivity index (χ0) is 13.0. The molecule has 0 aromatic rings. The standard InChI is InChI=1S/C14H27N3O/c1-3-4-8-15-14(18)17-10-7-13-12(11-17)6-5-9-16(13)2/h12-13H,3-11H2,1-2H3,(H,15,18). The summed E-state index contributed by atoms with van der Waals surface area (Å²) in [4.78, 5) is 16.5. The van der Waals surface area contributed by atoms with Gasteiger partial charge in [-0.3, -0.25) is 0 Å². The third-order valence-electron chi connectivity index (χ3n) is 4.44. The van der Waals surface area contributed by atoms with Crippen LogP contribution in [-0.2, 0) is 0 Å². The van der Waals surface area contributed by atoms with Gasteiger partial charge in [-0.2, -0.15) is 0 Å². The van der Waals surface area contributed by atoms with Crippen molar-refractivity contribution in [3.05, 3.63) is 0 Å². The molecule has 2 aliphatic heterocycles. The number of urea groups is 1. The number of nitrogens with one attached hydrogen (secondary N) is 1. The summed E-state index contributed by atoms with van der Waals surface area (Å²) >= 11 is 0. The van der Waals surface area contributed by atoms with Gasteiger partial charge in [-0.1, -0.05) is 13.3 Å². The Balaban J connectivity index is 1.81. The number of amides is 2. The van der Waals surface area contributed by atoms with Gasteiger partial charge in [0.25, 0.3) is 0 Å². The van der Waals surface area contributed by atoms with Crippen LogP contribution in [0.2, 0.25) is 0 Å². The lowest BCUT2D eigenvalue weighted by Crippen LogP contribution is -2.55. The largest absolute Gasteiger partial charge is 0.338 e. The van der Waals surface area contributed by atoms with Crippen LogP contribution < -0.4 is 5.32 Å². The molecular formula is C14H27N3O. The van der Waals surface area contributed by atoms with Gasteiger partial charge >= 0.3 is 6.03 Å². The Hall–Kier alpha value is -0.770. The molecule has 2 saturated heterocycles. The number of unbranched alkanes of at least 4 members (excludes halogenated alkanes) is 1. The van der Waals surface area contributed by atoms with E-state index in [9.17, 15) is 4.79 Å². The maximum Gasteiger partial charge on any atom is 0.317 e. The number of piperidine rings is 2. The average molecular weight is 253 g/mol. The molecule has 2 heterocycles. The first kappa shape index (κ1) is 13.7. The van der Waals surface area contributed by atoms with Gasteiger partial charge in [0.2, 0.25) is 0 Å². The van der Waals surface area contributed by atoms with Crippen LogP contribution in [0.4, 0.5) is 4.79 Å². The van der Waals surface area contributed by atoms with Gasteiger partial charge in [0.15, 0.2) is 0 Å². The van der Waals surface area contributed by atoms with Gasteiger partial charge in [0.05, 0.1) is 0 Å². The number of rotatable bonds is 3. The van der Waals surface area contributed by atoms with Crippen LogP contribution in [-0.4, -0.2) is 55.1 Å². The van der Waals surface area contributed by atoms with E-state index in [1.54, 1.807) is 0 Å². The van der Waals surface area contributed by atoms with E-state index in [0.29, 0.717) is 12.0 Å². The van der Waals surface area contributed by atoms with E-state index in [2.05, 4.69) is 24.2 Å². The molecule has 0 radical (unpaired) electrons. The zero-order valence-electron chi connectivity index (χ0n) is 11.8. The highest BCUT2D eigenvalue weighted by molar-refractivity contribution is 5.74. The van der Waals surface area contributed by atoms with Crippen molar-refractivity contribution in [3.63, 3.8) is 0 Å². The molecule has 4 nitrogen and oxygen atoms in total. The molecule has 2 unspecified atom stereocenters. The molecule has 1 N–H and O–H groups in total. The molecule has 104 valence electrons. The Morgan fingerprint density at radius 1 is 1.33 bits per heavy atom. The summed E-state index contributed by atoms with van der Waals surface area (Å²) in [5.41, 5.74) is 0. The summed E-state index contributed by atoms with van der Waals surface area (Å²) in [5.74, 6) is 0.689. The van der Waals surface area contributed by atoms with Crippen molar-refractivity contribution in [1.82, 2.24) is 15.1 Å². The number of carbonyl (C=O) groups is 1. The van der Waals surface area contributed by atoms with E-state index in [4.69, 9.17) is 0 Å². The summed E-state index contributed by atoms with van der Waals surface area (Å²) < 4.78 is 0. The van der Waals surface area contributed by atoms with Crippen molar-refractivity contribution in [2.75, 3.05) is 33.2 Å². The maximum absolute atomic E-state index is 12.0. The second-order valence-corrected chi connectivity index (χ2v) is 5.77. The third kappa shape index (κ3) is 3.16. The normalized spacial score (nSPS) is 28.9. The third-order valence-corrected chi connectivity index (χ3v) is 4.44. The number of nitrogens with zero attached hydrogens (tertiary/aromatic N) is 2. The predicted octanol–water partition coefficient (Wildman–Crippen LogP) is 1.91. The summed E-state index contributed by atoms with van der Waals surface area (Å²) in [6.07, 6.45) is 5.92. The number of carbonyl (C=O) groups excluding carboxylic acids is 1. The molecule has 2 rings (SSSR count). The lowest BCUT2D eigenvalue weighted by molar-refractivity contribution is 0.0516. The Labute approximate surface area is 111 Å². The van der Waals surface area contributed by atoms with Crippen LogP contribution in [0.3, 0.4) is 0 Å². The lowest BCUT2D eigenvalue weighted by atomic mass is 9.84. The molecule has 4 heteroatoms. The Morgan fingerprint density at radius 3 is 2.94 bits per heavy atom. The minimum absolute atomic E-state index is 0.148. The van der Waals surface area contributed by atoms with Crippen molar-refractivity contribution >= 4 is 6.03 Å². The summed E-state index contributed by atoms with van der Waals surface area (Å²) in [6, 6.07) is 0.855. The Kier molecular flexibility index (Phi) is 4.87. The monoisotopic (exact) mass is 253 g/mol. The highest BCUT2D eigenvalue weighted by Crippen LogP contribution is 2.29. The molecule has 18 heavy (non-hydrogen) atoms. The van der Waals surface area contributed by atoms with Crippen molar-refractivity contribution in [2.45, 2.75) is 45.1 Å². The molecule has 0 aliphatic carbocycles. The highest BCUT2D eigenvalue weighted by Gasteiger charge is 2.35. The lowest BCUT2D eigenvalue weighted by Gasteiger charge is -2.45. The summed E-state index contributed by atoms with van der Waals surface area (Å²) in [6.45, 7) is 6.07. The maximum atomic E-state index is 12.0. The van der Waals surface area contributed by atoms with Crippen LogP contribution in [0.1, 0.15) is 39.0 Å². The van der Waals surface area contributed by atoms with Crippen molar-refractivity contribution < 1.29 is 4.79 Å². The predicted molar refractivity (Wildman–Crippen MR) is 73.6 cm³/mol. The van der Waals surface area contributed by atoms with E-state index >= 15 is 0 Å². The van der Waals surface area contributed by atoms with Crippen molar-refractivity contribution in [3.8, 4) is 0 Å². The molecule has 0 spiro atoms. The minimum atomic E-state index is 0.148. The fraction of sp³-hybridized carbons (Fsp3) is 0.929. The Morgan fingerprint density at radius 2 is 2.17 bits per heavy atom. The van der Waals surface area contributed by atoms with E-state index in [0.717, 1.165) is 38.9 Å². The van der Waals surface area contributed by atoms with Crippen LogP contribution in [0.15, 0.2) is 0 Å². The number of fused-ring (bicyclic) bond motifs is 1. The first-order valence-corrected chi connectivity index (χ1v) is 7.45. The van der Waals surface area contributed by atoms with E-state index < -0.39 is 0 Å². The van der Waals surface area contributed by atoms with E-state index in [-0.39, 0.29) is 6.03 Å². The van der Waals surface area contributed by atoms with Crippen LogP contribution in [0.5, 0.6) is 0 Å². The number of hydrogen-bond donors (Lipinski definition) is 1. The van der Waals surface area contributed by atoms with E-state index in [1.165, 1.54) is 19.4 Å². The van der Waals surface area contributed by atoms with Gasteiger partial charge in [-0.25, -0.2) is 4.79 Å². The topological polar surface area (TPSA) is 35.6 Å². The fourth-order valence-corrected chi connectivity index (χ4v) is 3.32. The Bertz CT molecular complexity index is 282. The zero-order valence-corrected chi connectivity index (χ0v) is 11.8. The highest BCUT2D eigenvalue weighted by atomic mass is 16.2. The van der Waals surface area contributed by atoms with Crippen LogP contribution in [0.25, 0.3) is 0 Å². The first-order chi connectivity index (χ1) is 8.72. The quantitative estimate of drug-likeness (QED) is 0.780. The van der Waals surface area contributed by atoms with Crippen LogP contribution >= 0.6 is 0 Å². The smallest absolute Gasteiger partial charge is 0.317 e. The molecule has 0 aromatic carbocycles. The molecule has 0 saturated carbocycles. The van der Waals surface area contributed by atoms with Crippen molar-refractivity contribution in [2.24, 2.45) is 5.92 Å². The van der Waals surface area contributed by atoms with Gasteiger partial charge in [-0.15, -0.1) is 0 Å². The average Bonchev–Trinajstić information content (AvgIpc) is 2.39. The number of likely N-dealkylation sites (tertiary alicyclic amines) is 2. The summed E-state index contributed by atoms with van der Waals surface area (Å²) in [5, 5.41) is 3.03. The van der Waals surface area contributed by atoms with Crippen LogP contribution in [0, 0.1) is 5.92 Å². The van der Waals surface area contributed by atoms with Gasteiger partial charge in [0.1, 0.15) is 0 Å². The minimum Gasteiger partial charge on any atom is -0.338 e. The molecular weight excluding hydrogens is 226 g/mol. The molecule has 0 aromatic heterocycles. The summed E-state index contributed by atoms with van der Waals surface area (Å²) in [7, 11) is 2.23. The SMILES string of the molecule is CCCCNC(=O)N1CCC2C(CCCN2C)C1. The fourth-order valence-electron chi connectivity index (χ4n) is 3.32.